The average Bonchev–Trinajstić information content (AvgIpc) is 3.04. The molecule has 0 fully saturated rings. The molecule has 2 aromatic carbocycles. The first-order chi connectivity index (χ1) is 11.8. The third-order valence-corrected chi connectivity index (χ3v) is 5.54. The van der Waals surface area contributed by atoms with Gasteiger partial charge in [0.05, 0.1) is 21.7 Å². The Morgan fingerprint density at radius 1 is 1.17 bits per heavy atom. The summed E-state index contributed by atoms with van der Waals surface area (Å²) in [6, 6.07) is 17.8. The molecule has 0 radical (unpaired) electrons. The van der Waals surface area contributed by atoms with Crippen molar-refractivity contribution in [2.75, 3.05) is 5.75 Å². The molecule has 0 bridgehead atoms. The largest absolute Gasteiger partial charge is 0.272 e. The topological polar surface area (TPSA) is 54.4 Å². The number of hydrogen-bond donors (Lipinski definition) is 1. The van der Waals surface area contributed by atoms with Crippen molar-refractivity contribution in [3.8, 4) is 0 Å². The molecule has 0 spiro atoms. The number of amides is 1. The molecule has 3 rings (SSSR count). The molecule has 0 unspecified atom stereocenters. The Labute approximate surface area is 149 Å². The van der Waals surface area contributed by atoms with Gasteiger partial charge in [-0.05, 0) is 24.1 Å². The van der Waals surface area contributed by atoms with E-state index in [-0.39, 0.29) is 5.91 Å². The molecule has 4 nitrogen and oxygen atoms in total. The number of benzene rings is 2. The van der Waals surface area contributed by atoms with E-state index in [1.165, 1.54) is 11.8 Å². The van der Waals surface area contributed by atoms with Crippen LogP contribution >= 0.6 is 23.1 Å². The minimum Gasteiger partial charge on any atom is -0.272 e. The van der Waals surface area contributed by atoms with Crippen LogP contribution in [0.4, 0.5) is 0 Å². The van der Waals surface area contributed by atoms with Crippen molar-refractivity contribution >= 4 is 44.9 Å². The van der Waals surface area contributed by atoms with Gasteiger partial charge in [0.2, 0.25) is 0 Å². The van der Waals surface area contributed by atoms with E-state index in [4.69, 9.17) is 0 Å². The third kappa shape index (κ3) is 4.21. The molecule has 1 amide bonds. The van der Waals surface area contributed by atoms with Gasteiger partial charge in [0, 0.05) is 0 Å². The number of carbonyl (C=O) groups excluding carboxylic acids is 1. The number of nitrogens with zero attached hydrogens (tertiary/aromatic N) is 2. The van der Waals surface area contributed by atoms with Crippen molar-refractivity contribution in [3.63, 3.8) is 0 Å². The molecule has 3 aromatic rings. The summed E-state index contributed by atoms with van der Waals surface area (Å²) < 4.78 is 2.03. The zero-order chi connectivity index (χ0) is 16.8. The summed E-state index contributed by atoms with van der Waals surface area (Å²) in [7, 11) is 0. The molecule has 1 aromatic heterocycles. The minimum atomic E-state index is -0.124. The Morgan fingerprint density at radius 2 is 1.92 bits per heavy atom. The van der Waals surface area contributed by atoms with Crippen molar-refractivity contribution in [1.29, 1.82) is 0 Å². The SMILES string of the molecule is CC/C(=N/NC(=O)CSc1nc2ccccc2s1)c1ccccc1. The van der Waals surface area contributed by atoms with Crippen molar-refractivity contribution in [1.82, 2.24) is 10.4 Å². The molecule has 1 N–H and O–H groups in total. The number of hydrogen-bond acceptors (Lipinski definition) is 5. The number of aromatic nitrogens is 1. The van der Waals surface area contributed by atoms with Crippen LogP contribution in [0.1, 0.15) is 18.9 Å². The zero-order valence-electron chi connectivity index (χ0n) is 13.2. The highest BCUT2D eigenvalue weighted by Crippen LogP contribution is 2.28. The molecule has 0 saturated heterocycles. The van der Waals surface area contributed by atoms with Crippen molar-refractivity contribution in [2.24, 2.45) is 5.10 Å². The lowest BCUT2D eigenvalue weighted by Crippen LogP contribution is -2.21. The van der Waals surface area contributed by atoms with Gasteiger partial charge in [-0.15, -0.1) is 11.3 Å². The summed E-state index contributed by atoms with van der Waals surface area (Å²) in [6.45, 7) is 2.02. The minimum absolute atomic E-state index is 0.124. The van der Waals surface area contributed by atoms with Crippen LogP contribution in [0, 0.1) is 0 Å². The lowest BCUT2D eigenvalue weighted by Gasteiger charge is -2.04. The van der Waals surface area contributed by atoms with Gasteiger partial charge >= 0.3 is 0 Å². The van der Waals surface area contributed by atoms with Gasteiger partial charge in [-0.1, -0.05) is 61.2 Å². The highest BCUT2D eigenvalue weighted by molar-refractivity contribution is 8.01. The van der Waals surface area contributed by atoms with Crippen LogP contribution < -0.4 is 5.43 Å². The van der Waals surface area contributed by atoms with E-state index in [0.29, 0.717) is 5.75 Å². The first kappa shape index (κ1) is 16.7. The van der Waals surface area contributed by atoms with Crippen LogP contribution in [0.3, 0.4) is 0 Å². The maximum atomic E-state index is 12.0. The molecule has 122 valence electrons. The molecular weight excluding hydrogens is 338 g/mol. The number of para-hydroxylation sites is 1. The van der Waals surface area contributed by atoms with E-state index in [1.807, 2.05) is 61.5 Å². The number of thioether (sulfide) groups is 1. The lowest BCUT2D eigenvalue weighted by molar-refractivity contribution is -0.118. The molecule has 24 heavy (non-hydrogen) atoms. The second kappa shape index (κ2) is 8.08. The summed E-state index contributed by atoms with van der Waals surface area (Å²) in [5, 5.41) is 4.25. The predicted molar refractivity (Wildman–Crippen MR) is 102 cm³/mol. The van der Waals surface area contributed by atoms with Crippen molar-refractivity contribution in [3.05, 3.63) is 60.2 Å². The first-order valence-electron chi connectivity index (χ1n) is 7.65. The Morgan fingerprint density at radius 3 is 2.67 bits per heavy atom. The fourth-order valence-corrected chi connectivity index (χ4v) is 4.04. The summed E-state index contributed by atoms with van der Waals surface area (Å²) in [4.78, 5) is 16.5. The predicted octanol–water partition coefficient (Wildman–Crippen LogP) is 4.32. The second-order valence-electron chi connectivity index (χ2n) is 5.05. The Balaban J connectivity index is 1.58. The molecule has 0 aliphatic carbocycles. The number of carbonyl (C=O) groups is 1. The molecule has 0 atom stereocenters. The van der Waals surface area contributed by atoms with Gasteiger partial charge in [-0.3, -0.25) is 4.79 Å². The fraction of sp³-hybridized carbons (Fsp3) is 0.167. The Hall–Kier alpha value is -2.18. The summed E-state index contributed by atoms with van der Waals surface area (Å²) in [6.07, 6.45) is 0.759. The van der Waals surface area contributed by atoms with Gasteiger partial charge in [0.1, 0.15) is 0 Å². The van der Waals surface area contributed by atoms with E-state index in [2.05, 4.69) is 15.5 Å². The maximum Gasteiger partial charge on any atom is 0.250 e. The molecule has 0 aliphatic heterocycles. The highest BCUT2D eigenvalue weighted by atomic mass is 32.2. The molecular formula is C18H17N3OS2. The number of rotatable bonds is 6. The highest BCUT2D eigenvalue weighted by Gasteiger charge is 2.08. The van der Waals surface area contributed by atoms with E-state index in [1.54, 1.807) is 11.3 Å². The van der Waals surface area contributed by atoms with Crippen LogP contribution in [0.2, 0.25) is 0 Å². The smallest absolute Gasteiger partial charge is 0.250 e. The standard InChI is InChI=1S/C18H17N3OS2/c1-2-14(13-8-4-3-5-9-13)20-21-17(22)12-23-18-19-15-10-6-7-11-16(15)24-18/h3-11H,2,12H2,1H3,(H,21,22)/b20-14-. The summed E-state index contributed by atoms with van der Waals surface area (Å²) in [5.74, 6) is 0.177. The van der Waals surface area contributed by atoms with E-state index < -0.39 is 0 Å². The van der Waals surface area contributed by atoms with Gasteiger partial charge in [0.25, 0.3) is 5.91 Å². The van der Waals surface area contributed by atoms with Gasteiger partial charge in [0.15, 0.2) is 4.34 Å². The first-order valence-corrected chi connectivity index (χ1v) is 9.45. The third-order valence-electron chi connectivity index (χ3n) is 3.36. The van der Waals surface area contributed by atoms with E-state index in [0.717, 1.165) is 32.3 Å². The number of fused-ring (bicyclic) bond motifs is 1. The van der Waals surface area contributed by atoms with Crippen LogP contribution in [-0.2, 0) is 4.79 Å². The average molecular weight is 355 g/mol. The van der Waals surface area contributed by atoms with Crippen molar-refractivity contribution < 1.29 is 4.79 Å². The number of thiazole rings is 1. The summed E-state index contributed by atoms with van der Waals surface area (Å²) in [5.41, 5.74) is 5.51. The zero-order valence-corrected chi connectivity index (χ0v) is 14.9. The maximum absolute atomic E-state index is 12.0. The Kier molecular flexibility index (Phi) is 5.61. The number of nitrogens with one attached hydrogen (secondary N) is 1. The normalized spacial score (nSPS) is 11.6. The molecule has 0 aliphatic rings. The van der Waals surface area contributed by atoms with Crippen LogP contribution in [0.5, 0.6) is 0 Å². The monoisotopic (exact) mass is 355 g/mol. The molecule has 1 heterocycles. The van der Waals surface area contributed by atoms with E-state index >= 15 is 0 Å². The van der Waals surface area contributed by atoms with Crippen LogP contribution in [0.15, 0.2) is 64.0 Å². The van der Waals surface area contributed by atoms with Crippen LogP contribution in [0.25, 0.3) is 10.2 Å². The van der Waals surface area contributed by atoms with Gasteiger partial charge in [-0.2, -0.15) is 5.10 Å². The fourth-order valence-electron chi connectivity index (χ4n) is 2.18. The van der Waals surface area contributed by atoms with Crippen molar-refractivity contribution in [2.45, 2.75) is 17.7 Å². The molecule has 0 saturated carbocycles. The van der Waals surface area contributed by atoms with Crippen LogP contribution in [-0.4, -0.2) is 22.4 Å². The Bertz CT molecular complexity index is 826. The van der Waals surface area contributed by atoms with E-state index in [9.17, 15) is 4.79 Å². The quantitative estimate of drug-likeness (QED) is 0.407. The summed E-state index contributed by atoms with van der Waals surface area (Å²) >= 11 is 3.04. The number of hydrazone groups is 1. The lowest BCUT2D eigenvalue weighted by atomic mass is 10.1. The van der Waals surface area contributed by atoms with Gasteiger partial charge < -0.3 is 0 Å². The second-order valence-corrected chi connectivity index (χ2v) is 7.30. The van der Waals surface area contributed by atoms with Gasteiger partial charge in [-0.25, -0.2) is 10.4 Å². The molecule has 6 heteroatoms.